The molecule has 0 saturated carbocycles. The highest BCUT2D eigenvalue weighted by Gasteiger charge is 2.56. The van der Waals surface area contributed by atoms with E-state index in [1.807, 2.05) is 0 Å². The lowest BCUT2D eigenvalue weighted by Gasteiger charge is -2.47. The molecule has 30 heavy (non-hydrogen) atoms. The van der Waals surface area contributed by atoms with E-state index < -0.39 is 17.3 Å². The minimum Gasteiger partial charge on any atom is -0.309 e. The molecule has 2 aliphatic heterocycles. The Morgan fingerprint density at radius 2 is 1.70 bits per heavy atom. The summed E-state index contributed by atoms with van der Waals surface area (Å²) in [4.78, 5) is 34.0. The number of nitrogens with zero attached hydrogens (tertiary/aromatic N) is 3. The molecule has 2 aromatic carbocycles. The van der Waals surface area contributed by atoms with E-state index >= 15 is 0 Å². The Hall–Kier alpha value is -3.61. The van der Waals surface area contributed by atoms with Gasteiger partial charge in [0.25, 0.3) is 11.8 Å². The van der Waals surface area contributed by atoms with Gasteiger partial charge in [-0.1, -0.05) is 6.07 Å². The highest BCUT2D eigenvalue weighted by Crippen LogP contribution is 2.45. The van der Waals surface area contributed by atoms with Gasteiger partial charge in [-0.05, 0) is 48.5 Å². The number of hydrogen-bond donors (Lipinski definition) is 0. The van der Waals surface area contributed by atoms with Gasteiger partial charge in [-0.25, -0.2) is 8.78 Å². The van der Waals surface area contributed by atoms with Crippen molar-refractivity contribution in [1.82, 2.24) is 14.8 Å². The lowest BCUT2D eigenvalue weighted by molar-refractivity contribution is 0.00707. The van der Waals surface area contributed by atoms with Gasteiger partial charge in [-0.2, -0.15) is 0 Å². The minimum atomic E-state index is -1.18. The van der Waals surface area contributed by atoms with Gasteiger partial charge in [0.1, 0.15) is 17.3 Å². The first-order valence-corrected chi connectivity index (χ1v) is 9.60. The topological polar surface area (TPSA) is 53.5 Å². The number of amides is 2. The van der Waals surface area contributed by atoms with Crippen molar-refractivity contribution in [3.05, 3.63) is 101 Å². The fourth-order valence-corrected chi connectivity index (χ4v) is 4.56. The number of aromatic nitrogens is 1. The summed E-state index contributed by atoms with van der Waals surface area (Å²) < 4.78 is 28.1. The van der Waals surface area contributed by atoms with Crippen molar-refractivity contribution in [2.24, 2.45) is 0 Å². The highest BCUT2D eigenvalue weighted by molar-refractivity contribution is 6.00. The molecule has 5 nitrogen and oxygen atoms in total. The van der Waals surface area contributed by atoms with Gasteiger partial charge in [-0.3, -0.25) is 14.6 Å². The summed E-state index contributed by atoms with van der Waals surface area (Å²) >= 11 is 0. The summed E-state index contributed by atoms with van der Waals surface area (Å²) in [5, 5.41) is 0. The molecule has 3 heterocycles. The quantitative estimate of drug-likeness (QED) is 0.657. The van der Waals surface area contributed by atoms with Gasteiger partial charge in [0, 0.05) is 54.2 Å². The van der Waals surface area contributed by atoms with Crippen LogP contribution in [-0.2, 0) is 12.1 Å². The summed E-state index contributed by atoms with van der Waals surface area (Å²) in [6.45, 7) is 0.587. The normalized spacial score (nSPS) is 20.1. The molecule has 0 radical (unpaired) electrons. The Morgan fingerprint density at radius 3 is 2.43 bits per heavy atom. The van der Waals surface area contributed by atoms with E-state index in [0.29, 0.717) is 23.2 Å². The first-order valence-electron chi connectivity index (χ1n) is 9.60. The van der Waals surface area contributed by atoms with E-state index in [9.17, 15) is 18.4 Å². The molecule has 2 amide bonds. The second kappa shape index (κ2) is 6.73. The van der Waals surface area contributed by atoms with Gasteiger partial charge in [0.05, 0.1) is 0 Å². The summed E-state index contributed by atoms with van der Waals surface area (Å²) in [6, 6.07) is 13.2. The van der Waals surface area contributed by atoms with Crippen molar-refractivity contribution in [2.45, 2.75) is 12.1 Å². The van der Waals surface area contributed by atoms with Crippen molar-refractivity contribution >= 4 is 11.8 Å². The van der Waals surface area contributed by atoms with Crippen LogP contribution in [0.1, 0.15) is 31.8 Å². The second-order valence-corrected chi connectivity index (χ2v) is 7.42. The van der Waals surface area contributed by atoms with Crippen LogP contribution in [0.15, 0.2) is 67.0 Å². The van der Waals surface area contributed by atoms with Crippen LogP contribution in [0.2, 0.25) is 0 Å². The molecular formula is C23H17F2N3O2. The van der Waals surface area contributed by atoms with Crippen LogP contribution in [0.3, 0.4) is 0 Å². The number of carbonyl (C=O) groups excluding carboxylic acids is 2. The van der Waals surface area contributed by atoms with Crippen LogP contribution in [0.25, 0.3) is 0 Å². The van der Waals surface area contributed by atoms with E-state index in [0.717, 1.165) is 0 Å². The van der Waals surface area contributed by atoms with Crippen molar-refractivity contribution in [1.29, 1.82) is 0 Å². The minimum absolute atomic E-state index is 0.123. The van der Waals surface area contributed by atoms with E-state index in [4.69, 9.17) is 0 Å². The van der Waals surface area contributed by atoms with Crippen molar-refractivity contribution < 1.29 is 18.4 Å². The van der Waals surface area contributed by atoms with Gasteiger partial charge >= 0.3 is 0 Å². The lowest BCUT2D eigenvalue weighted by atomic mass is 9.83. The number of benzene rings is 2. The summed E-state index contributed by atoms with van der Waals surface area (Å²) in [5.41, 5.74) is 0.400. The summed E-state index contributed by atoms with van der Waals surface area (Å²) in [5.74, 6) is -1.58. The van der Waals surface area contributed by atoms with Crippen LogP contribution in [0.5, 0.6) is 0 Å². The molecule has 2 aliphatic rings. The van der Waals surface area contributed by atoms with Crippen LogP contribution in [0, 0.1) is 11.6 Å². The van der Waals surface area contributed by atoms with Crippen LogP contribution in [0.4, 0.5) is 8.78 Å². The Morgan fingerprint density at radius 1 is 0.967 bits per heavy atom. The molecule has 5 rings (SSSR count). The smallest absolute Gasteiger partial charge is 0.256 e. The molecule has 1 aromatic heterocycles. The van der Waals surface area contributed by atoms with Gasteiger partial charge in [0.15, 0.2) is 0 Å². The number of halogens is 2. The number of pyridine rings is 1. The van der Waals surface area contributed by atoms with Crippen molar-refractivity contribution in [3.8, 4) is 0 Å². The lowest BCUT2D eigenvalue weighted by Crippen LogP contribution is -2.58. The van der Waals surface area contributed by atoms with E-state index in [1.54, 1.807) is 40.4 Å². The van der Waals surface area contributed by atoms with Gasteiger partial charge in [0.2, 0.25) is 0 Å². The third-order valence-electron chi connectivity index (χ3n) is 5.94. The Labute approximate surface area is 171 Å². The van der Waals surface area contributed by atoms with Crippen molar-refractivity contribution in [3.63, 3.8) is 0 Å². The molecule has 1 unspecified atom stereocenters. The van der Waals surface area contributed by atoms with Gasteiger partial charge < -0.3 is 9.80 Å². The molecular weight excluding hydrogens is 388 g/mol. The van der Waals surface area contributed by atoms with Crippen molar-refractivity contribution in [2.75, 3.05) is 13.1 Å². The van der Waals surface area contributed by atoms with Crippen LogP contribution >= 0.6 is 0 Å². The largest absolute Gasteiger partial charge is 0.309 e. The zero-order valence-electron chi connectivity index (χ0n) is 15.9. The fourth-order valence-electron chi connectivity index (χ4n) is 4.56. The summed E-state index contributed by atoms with van der Waals surface area (Å²) in [7, 11) is 0. The summed E-state index contributed by atoms with van der Waals surface area (Å²) in [6.07, 6.45) is 3.29. The zero-order valence-corrected chi connectivity index (χ0v) is 15.9. The highest BCUT2D eigenvalue weighted by atomic mass is 19.1. The molecule has 1 fully saturated rings. The second-order valence-electron chi connectivity index (χ2n) is 7.42. The number of hydrogen-bond acceptors (Lipinski definition) is 3. The molecule has 0 N–H and O–H groups in total. The maximum Gasteiger partial charge on any atom is 0.256 e. The molecule has 0 spiro atoms. The Bertz CT molecular complexity index is 1150. The van der Waals surface area contributed by atoms with Crippen LogP contribution < -0.4 is 0 Å². The van der Waals surface area contributed by atoms with Gasteiger partial charge in [-0.15, -0.1) is 0 Å². The van der Waals surface area contributed by atoms with Crippen LogP contribution in [-0.4, -0.2) is 39.7 Å². The first-order chi connectivity index (χ1) is 14.5. The molecule has 0 aliphatic carbocycles. The van der Waals surface area contributed by atoms with E-state index in [1.165, 1.54) is 36.4 Å². The average molecular weight is 405 g/mol. The number of carbonyl (C=O) groups is 2. The molecule has 0 bridgehead atoms. The maximum atomic E-state index is 14.8. The molecule has 1 saturated heterocycles. The molecule has 7 heteroatoms. The van der Waals surface area contributed by atoms with E-state index in [2.05, 4.69) is 4.98 Å². The van der Waals surface area contributed by atoms with E-state index in [-0.39, 0.29) is 30.3 Å². The molecule has 1 atom stereocenters. The average Bonchev–Trinajstić information content (AvgIpc) is 3.16. The molecule has 150 valence electrons. The fraction of sp³-hybridized carbons (Fsp3) is 0.174. The third-order valence-corrected chi connectivity index (χ3v) is 5.94. The predicted molar refractivity (Wildman–Crippen MR) is 104 cm³/mol. The SMILES string of the molecule is O=C(c1ccc(F)cc1)N1CCN2C(=O)c3cccc(F)c3CC12c1ccncc1. The zero-order chi connectivity index (χ0) is 20.9. The maximum absolute atomic E-state index is 14.8. The Balaban J connectivity index is 1.70. The Kier molecular flexibility index (Phi) is 4.13. The first kappa shape index (κ1) is 18.4. The monoisotopic (exact) mass is 405 g/mol. The standard InChI is InChI=1S/C23H17F2N3O2/c24-17-6-4-15(5-7-17)21(29)27-12-13-28-22(30)18-2-1-3-20(25)19(18)14-23(27,28)16-8-10-26-11-9-16/h1-11H,12-14H2. The molecule has 3 aromatic rings. The number of fused-ring (bicyclic) bond motifs is 2. The number of rotatable bonds is 2. The third kappa shape index (κ3) is 2.55. The predicted octanol–water partition coefficient (Wildman–Crippen LogP) is 3.37.